The molecule has 0 fully saturated rings. The van der Waals surface area contributed by atoms with Gasteiger partial charge < -0.3 is 0 Å². The van der Waals surface area contributed by atoms with Crippen LogP contribution in [0.3, 0.4) is 0 Å². The average Bonchev–Trinajstić information content (AvgIpc) is 1.80. The maximum absolute atomic E-state index is 5.67. The van der Waals surface area contributed by atoms with Gasteiger partial charge in [-0.25, -0.2) is 4.98 Å². The number of aryl methyl sites for hydroxylation is 1. The molecular formula is C6H5BrClN. The second-order valence-electron chi connectivity index (χ2n) is 1.73. The molecule has 0 aromatic carbocycles. The van der Waals surface area contributed by atoms with Crippen molar-refractivity contribution in [1.29, 1.82) is 0 Å². The normalized spacial score (nSPS) is 9.67. The Kier molecular flexibility index (Phi) is 2.09. The minimum absolute atomic E-state index is 0.653. The van der Waals surface area contributed by atoms with Crippen LogP contribution in [-0.2, 0) is 0 Å². The first-order valence-electron chi connectivity index (χ1n) is 2.49. The number of nitrogens with zero attached hydrogens (tertiary/aromatic N) is 1. The Morgan fingerprint density at radius 3 is 2.67 bits per heavy atom. The fourth-order valence-electron chi connectivity index (χ4n) is 0.508. The third kappa shape index (κ3) is 1.66. The molecule has 0 saturated heterocycles. The van der Waals surface area contributed by atoms with Crippen LogP contribution >= 0.6 is 27.5 Å². The van der Waals surface area contributed by atoms with Crippen LogP contribution in [0.2, 0.25) is 5.02 Å². The lowest BCUT2D eigenvalue weighted by atomic mass is 10.4. The fourth-order valence-corrected chi connectivity index (χ4v) is 1.03. The van der Waals surface area contributed by atoms with E-state index in [1.165, 1.54) is 0 Å². The van der Waals surface area contributed by atoms with Crippen molar-refractivity contribution in [3.8, 4) is 0 Å². The molecule has 0 atom stereocenters. The lowest BCUT2D eigenvalue weighted by Crippen LogP contribution is -1.80. The average molecular weight is 206 g/mol. The lowest BCUT2D eigenvalue weighted by molar-refractivity contribution is 1.17. The number of halogens is 2. The summed E-state index contributed by atoms with van der Waals surface area (Å²) in [4.78, 5) is 4.06. The molecular weight excluding hydrogens is 201 g/mol. The Hall–Kier alpha value is -0.0800. The number of hydrogen-bond acceptors (Lipinski definition) is 1. The van der Waals surface area contributed by atoms with Gasteiger partial charge >= 0.3 is 0 Å². The van der Waals surface area contributed by atoms with Crippen molar-refractivity contribution in [1.82, 2.24) is 4.98 Å². The van der Waals surface area contributed by atoms with E-state index >= 15 is 0 Å². The van der Waals surface area contributed by atoms with Crippen molar-refractivity contribution < 1.29 is 0 Å². The van der Waals surface area contributed by atoms with Crippen LogP contribution in [0.25, 0.3) is 0 Å². The second-order valence-corrected chi connectivity index (χ2v) is 2.88. The first kappa shape index (κ1) is 7.03. The Balaban J connectivity index is 3.17. The largest absolute Gasteiger partial charge is 0.245 e. The monoisotopic (exact) mass is 205 g/mol. The van der Waals surface area contributed by atoms with Crippen molar-refractivity contribution in [3.05, 3.63) is 27.5 Å². The lowest BCUT2D eigenvalue weighted by Gasteiger charge is -1.93. The zero-order valence-corrected chi connectivity index (χ0v) is 7.20. The summed E-state index contributed by atoms with van der Waals surface area (Å²) >= 11 is 8.87. The zero-order valence-electron chi connectivity index (χ0n) is 4.86. The summed E-state index contributed by atoms with van der Waals surface area (Å²) in [7, 11) is 0. The molecule has 0 unspecified atom stereocenters. The van der Waals surface area contributed by atoms with E-state index in [9.17, 15) is 0 Å². The van der Waals surface area contributed by atoms with Gasteiger partial charge in [-0.2, -0.15) is 0 Å². The molecule has 1 heterocycles. The van der Waals surface area contributed by atoms with E-state index < -0.39 is 0 Å². The van der Waals surface area contributed by atoms with E-state index in [1.54, 1.807) is 0 Å². The summed E-state index contributed by atoms with van der Waals surface area (Å²) in [5.41, 5.74) is 0.964. The molecule has 0 amide bonds. The van der Waals surface area contributed by atoms with Crippen LogP contribution in [0.15, 0.2) is 16.7 Å². The van der Waals surface area contributed by atoms with Crippen LogP contribution in [0, 0.1) is 6.92 Å². The smallest absolute Gasteiger partial charge is 0.124 e. The summed E-state index contributed by atoms with van der Waals surface area (Å²) in [6.45, 7) is 1.92. The molecule has 0 aliphatic carbocycles. The van der Waals surface area contributed by atoms with Gasteiger partial charge in [0.25, 0.3) is 0 Å². The van der Waals surface area contributed by atoms with Gasteiger partial charge in [0.2, 0.25) is 0 Å². The predicted molar refractivity (Wildman–Crippen MR) is 41.7 cm³/mol. The van der Waals surface area contributed by atoms with Gasteiger partial charge in [0.1, 0.15) is 4.60 Å². The third-order valence-corrected chi connectivity index (χ3v) is 2.08. The maximum Gasteiger partial charge on any atom is 0.124 e. The van der Waals surface area contributed by atoms with Gasteiger partial charge in [-0.3, -0.25) is 0 Å². The molecule has 0 radical (unpaired) electrons. The summed E-state index contributed by atoms with van der Waals surface area (Å²) in [6, 6.07) is 3.68. The van der Waals surface area contributed by atoms with Gasteiger partial charge in [0.05, 0.1) is 5.02 Å². The van der Waals surface area contributed by atoms with Crippen molar-refractivity contribution in [3.63, 3.8) is 0 Å². The summed E-state index contributed by atoms with van der Waals surface area (Å²) in [6.07, 6.45) is 0. The highest BCUT2D eigenvalue weighted by Crippen LogP contribution is 2.18. The Morgan fingerprint density at radius 2 is 2.22 bits per heavy atom. The van der Waals surface area contributed by atoms with E-state index in [0.29, 0.717) is 9.63 Å². The standard InChI is InChI=1S/C6H5BrClN/c1-4-2-3-5(8)6(7)9-4/h2-3H,1H3. The second kappa shape index (κ2) is 2.67. The number of rotatable bonds is 0. The minimum Gasteiger partial charge on any atom is -0.245 e. The molecule has 9 heavy (non-hydrogen) atoms. The van der Waals surface area contributed by atoms with Crippen LogP contribution in [0.4, 0.5) is 0 Å². The third-order valence-electron chi connectivity index (χ3n) is 0.942. The van der Waals surface area contributed by atoms with E-state index in [0.717, 1.165) is 5.69 Å². The highest BCUT2D eigenvalue weighted by molar-refractivity contribution is 9.10. The van der Waals surface area contributed by atoms with E-state index in [2.05, 4.69) is 20.9 Å². The number of pyridine rings is 1. The van der Waals surface area contributed by atoms with Gasteiger partial charge in [-0.15, -0.1) is 0 Å². The molecule has 0 saturated carbocycles. The molecule has 1 rings (SSSR count). The van der Waals surface area contributed by atoms with Crippen molar-refractivity contribution in [2.75, 3.05) is 0 Å². The number of aromatic nitrogens is 1. The molecule has 1 aromatic rings. The van der Waals surface area contributed by atoms with Crippen molar-refractivity contribution in [2.24, 2.45) is 0 Å². The molecule has 3 heteroatoms. The minimum atomic E-state index is 0.653. The van der Waals surface area contributed by atoms with E-state index in [1.807, 2.05) is 19.1 Å². The molecule has 0 aliphatic rings. The molecule has 0 aliphatic heterocycles. The van der Waals surface area contributed by atoms with E-state index in [-0.39, 0.29) is 0 Å². The first-order valence-corrected chi connectivity index (χ1v) is 3.66. The van der Waals surface area contributed by atoms with Crippen molar-refractivity contribution >= 4 is 27.5 Å². The zero-order chi connectivity index (χ0) is 6.85. The van der Waals surface area contributed by atoms with Gasteiger partial charge in [0, 0.05) is 5.69 Å². The van der Waals surface area contributed by atoms with Gasteiger partial charge in [-0.05, 0) is 35.0 Å². The summed E-state index contributed by atoms with van der Waals surface area (Å²) < 4.78 is 0.712. The SMILES string of the molecule is Cc1ccc(Cl)c(Br)n1. The Labute approximate surface area is 67.2 Å². The van der Waals surface area contributed by atoms with Crippen LogP contribution < -0.4 is 0 Å². The predicted octanol–water partition coefficient (Wildman–Crippen LogP) is 2.81. The van der Waals surface area contributed by atoms with Gasteiger partial charge in [0.15, 0.2) is 0 Å². The highest BCUT2D eigenvalue weighted by Gasteiger charge is 1.94. The molecule has 0 bridgehead atoms. The Bertz CT molecular complexity index is 224. The fraction of sp³-hybridized carbons (Fsp3) is 0.167. The Morgan fingerprint density at radius 1 is 1.56 bits per heavy atom. The summed E-state index contributed by atoms with van der Waals surface area (Å²) in [5.74, 6) is 0. The molecule has 1 aromatic heterocycles. The summed E-state index contributed by atoms with van der Waals surface area (Å²) in [5, 5.41) is 0.653. The topological polar surface area (TPSA) is 12.9 Å². The quantitative estimate of drug-likeness (QED) is 0.595. The molecule has 1 nitrogen and oxygen atoms in total. The highest BCUT2D eigenvalue weighted by atomic mass is 79.9. The van der Waals surface area contributed by atoms with Crippen LogP contribution in [-0.4, -0.2) is 4.98 Å². The van der Waals surface area contributed by atoms with Crippen LogP contribution in [0.5, 0.6) is 0 Å². The first-order chi connectivity index (χ1) is 4.20. The van der Waals surface area contributed by atoms with Crippen LogP contribution in [0.1, 0.15) is 5.69 Å². The number of hydrogen-bond donors (Lipinski definition) is 0. The molecule has 48 valence electrons. The van der Waals surface area contributed by atoms with Crippen molar-refractivity contribution in [2.45, 2.75) is 6.92 Å². The maximum atomic E-state index is 5.67. The molecule has 0 N–H and O–H groups in total. The van der Waals surface area contributed by atoms with E-state index in [4.69, 9.17) is 11.6 Å². The van der Waals surface area contributed by atoms with Gasteiger partial charge in [-0.1, -0.05) is 11.6 Å². The molecule has 0 spiro atoms.